The zero-order valence-corrected chi connectivity index (χ0v) is 19.0. The van der Waals surface area contributed by atoms with E-state index in [2.05, 4.69) is 15.5 Å². The van der Waals surface area contributed by atoms with Crippen LogP contribution in [0.1, 0.15) is 36.8 Å². The molecule has 8 heteroatoms. The molecule has 0 aliphatic rings. The smallest absolute Gasteiger partial charge is 0.306 e. The number of aryl methyl sites for hydroxylation is 3. The number of aromatic nitrogens is 2. The van der Waals surface area contributed by atoms with Gasteiger partial charge in [0.15, 0.2) is 0 Å². The van der Waals surface area contributed by atoms with Crippen molar-refractivity contribution in [2.24, 2.45) is 0 Å². The predicted octanol–water partition coefficient (Wildman–Crippen LogP) is 3.67. The summed E-state index contributed by atoms with van der Waals surface area (Å²) < 4.78 is 15.8. The van der Waals surface area contributed by atoms with Gasteiger partial charge in [-0.25, -0.2) is 0 Å². The van der Waals surface area contributed by atoms with Crippen molar-refractivity contribution in [2.45, 2.75) is 39.5 Å². The van der Waals surface area contributed by atoms with Crippen LogP contribution in [0.25, 0.3) is 11.4 Å². The Morgan fingerprint density at radius 3 is 2.48 bits per heavy atom. The molecular weight excluding hydrogens is 422 g/mol. The van der Waals surface area contributed by atoms with Gasteiger partial charge in [0.2, 0.25) is 17.6 Å². The number of hydrogen-bond donors (Lipinski definition) is 1. The van der Waals surface area contributed by atoms with E-state index < -0.39 is 0 Å². The zero-order chi connectivity index (χ0) is 23.5. The van der Waals surface area contributed by atoms with Gasteiger partial charge in [0, 0.05) is 18.4 Å². The summed E-state index contributed by atoms with van der Waals surface area (Å²) >= 11 is 0. The van der Waals surface area contributed by atoms with E-state index >= 15 is 0 Å². The van der Waals surface area contributed by atoms with E-state index in [1.54, 1.807) is 0 Å². The van der Waals surface area contributed by atoms with Crippen LogP contribution in [0.3, 0.4) is 0 Å². The van der Waals surface area contributed by atoms with Gasteiger partial charge in [-0.05, 0) is 50.1 Å². The lowest BCUT2D eigenvalue weighted by Gasteiger charge is -2.07. The Morgan fingerprint density at radius 1 is 1.00 bits per heavy atom. The minimum atomic E-state index is -0.385. The number of ether oxygens (including phenoxy) is 2. The van der Waals surface area contributed by atoms with Crippen LogP contribution in [0, 0.1) is 6.92 Å². The minimum absolute atomic E-state index is 0.0701. The number of carbonyl (C=O) groups excluding carboxylic acids is 2. The van der Waals surface area contributed by atoms with Gasteiger partial charge in [0.05, 0.1) is 19.6 Å². The second kappa shape index (κ2) is 12.4. The van der Waals surface area contributed by atoms with Crippen LogP contribution in [0.2, 0.25) is 0 Å². The summed E-state index contributed by atoms with van der Waals surface area (Å²) in [5, 5.41) is 6.71. The summed E-state index contributed by atoms with van der Waals surface area (Å²) in [5.74, 6) is 1.13. The minimum Gasteiger partial charge on any atom is -0.494 e. The quantitative estimate of drug-likeness (QED) is 0.331. The number of esters is 1. The molecule has 0 aliphatic carbocycles. The highest BCUT2D eigenvalue weighted by atomic mass is 16.5. The summed E-state index contributed by atoms with van der Waals surface area (Å²) in [4.78, 5) is 28.2. The molecule has 1 N–H and O–H groups in total. The van der Waals surface area contributed by atoms with Crippen molar-refractivity contribution in [1.82, 2.24) is 15.5 Å². The summed E-state index contributed by atoms with van der Waals surface area (Å²) in [5.41, 5.74) is 3.11. The molecule has 0 spiro atoms. The average molecular weight is 452 g/mol. The number of benzene rings is 2. The topological polar surface area (TPSA) is 104 Å². The Hall–Kier alpha value is -3.68. The van der Waals surface area contributed by atoms with E-state index in [9.17, 15) is 9.59 Å². The van der Waals surface area contributed by atoms with Crippen molar-refractivity contribution in [1.29, 1.82) is 0 Å². The van der Waals surface area contributed by atoms with Gasteiger partial charge in [0.1, 0.15) is 12.4 Å². The average Bonchev–Trinajstić information content (AvgIpc) is 3.30. The largest absolute Gasteiger partial charge is 0.494 e. The van der Waals surface area contributed by atoms with Gasteiger partial charge in [-0.15, -0.1) is 0 Å². The Balaban J connectivity index is 1.30. The predicted molar refractivity (Wildman–Crippen MR) is 123 cm³/mol. The fourth-order valence-electron chi connectivity index (χ4n) is 3.08. The number of nitrogens with one attached hydrogen (secondary N) is 1. The normalized spacial score (nSPS) is 10.6. The molecule has 0 bridgehead atoms. The molecule has 1 amide bonds. The lowest BCUT2D eigenvalue weighted by atomic mass is 10.1. The van der Waals surface area contributed by atoms with E-state index in [0.29, 0.717) is 31.2 Å². The number of amides is 1. The fourth-order valence-corrected chi connectivity index (χ4v) is 3.08. The molecule has 1 heterocycles. The first kappa shape index (κ1) is 24.0. The molecule has 33 heavy (non-hydrogen) atoms. The highest BCUT2D eigenvalue weighted by Gasteiger charge is 2.12. The molecular formula is C25H29N3O5. The van der Waals surface area contributed by atoms with E-state index in [0.717, 1.165) is 16.9 Å². The van der Waals surface area contributed by atoms with E-state index in [4.69, 9.17) is 14.0 Å². The number of nitrogens with zero attached hydrogens (tertiary/aromatic N) is 2. The maximum atomic E-state index is 11.9. The molecule has 0 radical (unpaired) electrons. The third-order valence-corrected chi connectivity index (χ3v) is 4.88. The first-order valence-electron chi connectivity index (χ1n) is 11.1. The number of rotatable bonds is 12. The van der Waals surface area contributed by atoms with Gasteiger partial charge >= 0.3 is 5.97 Å². The van der Waals surface area contributed by atoms with Gasteiger partial charge in [-0.2, -0.15) is 4.98 Å². The van der Waals surface area contributed by atoms with Crippen LogP contribution in [0.4, 0.5) is 0 Å². The van der Waals surface area contributed by atoms with E-state index in [-0.39, 0.29) is 37.9 Å². The molecule has 1 aromatic heterocycles. The van der Waals surface area contributed by atoms with Crippen molar-refractivity contribution >= 4 is 11.9 Å². The standard InChI is InChI=1S/C25H29N3O5/c1-3-31-21-11-9-20(10-12-21)25-27-23(33-28-25)14-15-24(30)32-17-16-26-22(29)13-8-19-6-4-18(2)5-7-19/h4-7,9-12H,3,8,13-17H2,1-2H3,(H,26,29). The molecule has 0 atom stereocenters. The first-order valence-corrected chi connectivity index (χ1v) is 11.1. The second-order valence-electron chi connectivity index (χ2n) is 7.53. The molecule has 2 aromatic carbocycles. The van der Waals surface area contributed by atoms with Crippen molar-refractivity contribution in [3.05, 3.63) is 65.5 Å². The summed E-state index contributed by atoms with van der Waals surface area (Å²) in [6.07, 6.45) is 1.47. The Kier molecular flexibility index (Phi) is 8.99. The maximum Gasteiger partial charge on any atom is 0.306 e. The Morgan fingerprint density at radius 2 is 1.76 bits per heavy atom. The summed E-state index contributed by atoms with van der Waals surface area (Å²) in [6, 6.07) is 15.5. The number of carbonyl (C=O) groups is 2. The summed E-state index contributed by atoms with van der Waals surface area (Å²) in [7, 11) is 0. The highest BCUT2D eigenvalue weighted by molar-refractivity contribution is 5.76. The maximum absolute atomic E-state index is 11.9. The van der Waals surface area contributed by atoms with Gasteiger partial charge in [-0.1, -0.05) is 35.0 Å². The molecule has 0 unspecified atom stereocenters. The fraction of sp³-hybridized carbons (Fsp3) is 0.360. The van der Waals surface area contributed by atoms with Crippen molar-refractivity contribution in [3.8, 4) is 17.1 Å². The van der Waals surface area contributed by atoms with Crippen LogP contribution < -0.4 is 10.1 Å². The zero-order valence-electron chi connectivity index (χ0n) is 19.0. The van der Waals surface area contributed by atoms with Gasteiger partial charge < -0.3 is 19.3 Å². The van der Waals surface area contributed by atoms with Crippen LogP contribution in [-0.2, 0) is 27.2 Å². The molecule has 0 fully saturated rings. The van der Waals surface area contributed by atoms with E-state index in [1.165, 1.54) is 5.56 Å². The Bertz CT molecular complexity index is 1030. The van der Waals surface area contributed by atoms with E-state index in [1.807, 2.05) is 62.4 Å². The SMILES string of the molecule is CCOc1ccc(-c2noc(CCC(=O)OCCNC(=O)CCc3ccc(C)cc3)n2)cc1. The van der Waals surface area contributed by atoms with Gasteiger partial charge in [-0.3, -0.25) is 9.59 Å². The lowest BCUT2D eigenvalue weighted by Crippen LogP contribution is -2.28. The second-order valence-corrected chi connectivity index (χ2v) is 7.53. The highest BCUT2D eigenvalue weighted by Crippen LogP contribution is 2.20. The van der Waals surface area contributed by atoms with Crippen molar-refractivity contribution in [2.75, 3.05) is 19.8 Å². The first-order chi connectivity index (χ1) is 16.0. The molecule has 3 aromatic rings. The third kappa shape index (κ3) is 8.07. The Labute approximate surface area is 193 Å². The molecule has 174 valence electrons. The van der Waals surface area contributed by atoms with Crippen LogP contribution in [-0.4, -0.2) is 41.8 Å². The molecule has 0 saturated carbocycles. The molecule has 8 nitrogen and oxygen atoms in total. The van der Waals surface area contributed by atoms with Crippen LogP contribution in [0.5, 0.6) is 5.75 Å². The van der Waals surface area contributed by atoms with Crippen molar-refractivity contribution in [3.63, 3.8) is 0 Å². The lowest BCUT2D eigenvalue weighted by molar-refractivity contribution is -0.144. The molecule has 3 rings (SSSR count). The monoisotopic (exact) mass is 451 g/mol. The van der Waals surface area contributed by atoms with Crippen molar-refractivity contribution < 1.29 is 23.6 Å². The summed E-state index contributed by atoms with van der Waals surface area (Å²) in [6.45, 7) is 4.95. The number of hydrogen-bond acceptors (Lipinski definition) is 7. The molecule has 0 aliphatic heterocycles. The van der Waals surface area contributed by atoms with Crippen LogP contribution in [0.15, 0.2) is 53.1 Å². The van der Waals surface area contributed by atoms with Gasteiger partial charge in [0.25, 0.3) is 0 Å². The molecule has 0 saturated heterocycles. The third-order valence-electron chi connectivity index (χ3n) is 4.88. The van der Waals surface area contributed by atoms with Crippen LogP contribution >= 0.6 is 0 Å².